The number of amides is 1. The Bertz CT molecular complexity index is 1680. The molecule has 7 rings (SSSR count). The molecule has 1 saturated heterocycles. The molecule has 5 aromatic rings. The van der Waals surface area contributed by atoms with E-state index >= 15 is 0 Å². The zero-order valence-electron chi connectivity index (χ0n) is 20.4. The van der Waals surface area contributed by atoms with E-state index in [0.717, 1.165) is 83.4 Å². The number of aromatic nitrogens is 2. The zero-order valence-corrected chi connectivity index (χ0v) is 20.4. The normalized spacial score (nSPS) is 17.5. The lowest BCUT2D eigenvalue weighted by Gasteiger charge is -2.18. The van der Waals surface area contributed by atoms with Crippen LogP contribution >= 0.6 is 0 Å². The maximum atomic E-state index is 12.6. The molecule has 2 aliphatic rings. The van der Waals surface area contributed by atoms with Gasteiger partial charge in [-0.3, -0.25) is 4.79 Å². The topological polar surface area (TPSA) is 75.1 Å². The maximum Gasteiger partial charge on any atom is 0.225 e. The molecular formula is C31H26N4O2. The molecule has 1 amide bonds. The van der Waals surface area contributed by atoms with Crippen molar-refractivity contribution in [2.75, 3.05) is 13.1 Å². The Kier molecular flexibility index (Phi) is 5.10. The van der Waals surface area contributed by atoms with Crippen molar-refractivity contribution in [3.63, 3.8) is 0 Å². The van der Waals surface area contributed by atoms with Gasteiger partial charge in [-0.05, 0) is 72.7 Å². The summed E-state index contributed by atoms with van der Waals surface area (Å²) in [6, 6.07) is 24.7. The van der Waals surface area contributed by atoms with Crippen molar-refractivity contribution < 1.29 is 9.21 Å². The number of fused-ring (bicyclic) bond motifs is 2. The monoisotopic (exact) mass is 486 g/mol. The molecule has 3 heterocycles. The smallest absolute Gasteiger partial charge is 0.225 e. The summed E-state index contributed by atoms with van der Waals surface area (Å²) >= 11 is 0. The summed E-state index contributed by atoms with van der Waals surface area (Å²) in [5.41, 5.74) is 6.66. The van der Waals surface area contributed by atoms with E-state index in [1.165, 1.54) is 0 Å². The van der Waals surface area contributed by atoms with Crippen molar-refractivity contribution in [3.8, 4) is 28.6 Å². The second-order valence-electron chi connectivity index (χ2n) is 10.3. The number of nitriles is 1. The third kappa shape index (κ3) is 3.97. The fourth-order valence-corrected chi connectivity index (χ4v) is 5.58. The standard InChI is InChI=1S/C31H26N4O2/c32-17-20-1-9-27-28(15-20)35(19-21-11-13-34(18-21)31(36)24-6-7-24)30(33-27)23-4-2-22(3-5-23)25-8-10-29-26(16-25)12-14-37-29/h1-5,8-10,12,14-16,21,24H,6-7,11,13,18-19H2/t21-/m1/s1. The Morgan fingerprint density at radius 3 is 2.59 bits per heavy atom. The predicted molar refractivity (Wildman–Crippen MR) is 143 cm³/mol. The SMILES string of the molecule is N#Cc1ccc2nc(-c3ccc(-c4ccc5occc5c4)cc3)n(C[C@@H]3CCN(C(=O)C4CC4)C3)c2c1. The molecule has 6 nitrogen and oxygen atoms in total. The van der Waals surface area contributed by atoms with E-state index in [1.54, 1.807) is 6.26 Å². The molecule has 0 N–H and O–H groups in total. The van der Waals surface area contributed by atoms with Gasteiger partial charge in [0.1, 0.15) is 11.4 Å². The fourth-order valence-electron chi connectivity index (χ4n) is 5.58. The summed E-state index contributed by atoms with van der Waals surface area (Å²) in [7, 11) is 0. The third-order valence-electron chi connectivity index (χ3n) is 7.77. The van der Waals surface area contributed by atoms with Crippen LogP contribution in [0.15, 0.2) is 77.4 Å². The highest BCUT2D eigenvalue weighted by molar-refractivity contribution is 5.85. The van der Waals surface area contributed by atoms with Crippen LogP contribution in [0.3, 0.4) is 0 Å². The number of furan rings is 1. The number of carbonyl (C=O) groups is 1. The quantitative estimate of drug-likeness (QED) is 0.294. The van der Waals surface area contributed by atoms with Crippen LogP contribution in [0.4, 0.5) is 0 Å². The van der Waals surface area contributed by atoms with Gasteiger partial charge in [0.15, 0.2) is 0 Å². The summed E-state index contributed by atoms with van der Waals surface area (Å²) in [4.78, 5) is 19.7. The van der Waals surface area contributed by atoms with Gasteiger partial charge in [0.05, 0.1) is 28.9 Å². The Morgan fingerprint density at radius 1 is 0.973 bits per heavy atom. The van der Waals surface area contributed by atoms with E-state index in [1.807, 2.05) is 35.2 Å². The van der Waals surface area contributed by atoms with E-state index in [-0.39, 0.29) is 5.92 Å². The van der Waals surface area contributed by atoms with Crippen molar-refractivity contribution in [2.45, 2.75) is 25.8 Å². The number of carbonyl (C=O) groups excluding carboxylic acids is 1. The molecule has 2 aromatic heterocycles. The summed E-state index contributed by atoms with van der Waals surface area (Å²) in [5, 5.41) is 10.6. The first-order valence-corrected chi connectivity index (χ1v) is 12.9. The molecule has 182 valence electrons. The molecule has 1 aliphatic heterocycles. The molecule has 0 bridgehead atoms. The lowest BCUT2D eigenvalue weighted by molar-refractivity contribution is -0.131. The van der Waals surface area contributed by atoms with Gasteiger partial charge in [0, 0.05) is 36.5 Å². The highest BCUT2D eigenvalue weighted by atomic mass is 16.3. The first-order chi connectivity index (χ1) is 18.2. The predicted octanol–water partition coefficient (Wildman–Crippen LogP) is 6.25. The molecule has 1 atom stereocenters. The Hall–Kier alpha value is -4.37. The molecule has 0 unspecified atom stereocenters. The number of nitrogens with zero attached hydrogens (tertiary/aromatic N) is 4. The van der Waals surface area contributed by atoms with Crippen molar-refractivity contribution >= 4 is 27.9 Å². The summed E-state index contributed by atoms with van der Waals surface area (Å²) in [6.45, 7) is 2.40. The van der Waals surface area contributed by atoms with Crippen LogP contribution in [0.5, 0.6) is 0 Å². The lowest BCUT2D eigenvalue weighted by atomic mass is 10.0. The average molecular weight is 487 g/mol. The molecule has 6 heteroatoms. The minimum atomic E-state index is 0.259. The van der Waals surface area contributed by atoms with Crippen molar-refractivity contribution in [1.29, 1.82) is 5.26 Å². The lowest BCUT2D eigenvalue weighted by Crippen LogP contribution is -2.30. The van der Waals surface area contributed by atoms with Crippen LogP contribution < -0.4 is 0 Å². The minimum absolute atomic E-state index is 0.259. The first kappa shape index (κ1) is 21.9. The maximum absolute atomic E-state index is 12.6. The number of benzene rings is 3. The van der Waals surface area contributed by atoms with Crippen LogP contribution in [0.2, 0.25) is 0 Å². The number of hydrogen-bond acceptors (Lipinski definition) is 4. The van der Waals surface area contributed by atoms with Crippen LogP contribution in [0.25, 0.3) is 44.5 Å². The van der Waals surface area contributed by atoms with Gasteiger partial charge in [-0.2, -0.15) is 5.26 Å². The Morgan fingerprint density at radius 2 is 1.78 bits per heavy atom. The van der Waals surface area contributed by atoms with Gasteiger partial charge in [-0.15, -0.1) is 0 Å². The van der Waals surface area contributed by atoms with Crippen molar-refractivity contribution in [1.82, 2.24) is 14.5 Å². The number of rotatable bonds is 5. The number of likely N-dealkylation sites (tertiary alicyclic amines) is 1. The molecule has 0 radical (unpaired) electrons. The van der Waals surface area contributed by atoms with E-state index in [0.29, 0.717) is 17.4 Å². The Balaban J connectivity index is 1.23. The minimum Gasteiger partial charge on any atom is -0.464 e. The highest BCUT2D eigenvalue weighted by Crippen LogP contribution is 2.35. The van der Waals surface area contributed by atoms with E-state index < -0.39 is 0 Å². The summed E-state index contributed by atoms with van der Waals surface area (Å²) in [6.07, 6.45) is 4.79. The Labute approximate surface area is 214 Å². The van der Waals surface area contributed by atoms with Gasteiger partial charge < -0.3 is 13.9 Å². The molecular weight excluding hydrogens is 460 g/mol. The van der Waals surface area contributed by atoms with Crippen LogP contribution in [-0.4, -0.2) is 33.4 Å². The third-order valence-corrected chi connectivity index (χ3v) is 7.77. The van der Waals surface area contributed by atoms with Gasteiger partial charge >= 0.3 is 0 Å². The molecule has 1 saturated carbocycles. The summed E-state index contributed by atoms with van der Waals surface area (Å²) < 4.78 is 7.73. The second kappa shape index (κ2) is 8.63. The fraction of sp³-hybridized carbons (Fsp3) is 0.258. The second-order valence-corrected chi connectivity index (χ2v) is 10.3. The van der Waals surface area contributed by atoms with E-state index in [2.05, 4.69) is 47.0 Å². The van der Waals surface area contributed by atoms with Crippen molar-refractivity contribution in [2.24, 2.45) is 11.8 Å². The van der Waals surface area contributed by atoms with Gasteiger partial charge in [-0.1, -0.05) is 30.3 Å². The van der Waals surface area contributed by atoms with Crippen LogP contribution in [0.1, 0.15) is 24.8 Å². The largest absolute Gasteiger partial charge is 0.464 e. The molecule has 37 heavy (non-hydrogen) atoms. The highest BCUT2D eigenvalue weighted by Gasteiger charge is 2.36. The summed E-state index contributed by atoms with van der Waals surface area (Å²) in [5.74, 6) is 1.85. The molecule has 1 aliphatic carbocycles. The van der Waals surface area contributed by atoms with Gasteiger partial charge in [0.25, 0.3) is 0 Å². The molecule has 2 fully saturated rings. The average Bonchev–Trinajstić information content (AvgIpc) is 3.33. The van der Waals surface area contributed by atoms with Gasteiger partial charge in [-0.25, -0.2) is 4.98 Å². The number of hydrogen-bond donors (Lipinski definition) is 0. The zero-order chi connectivity index (χ0) is 24.9. The van der Waals surface area contributed by atoms with Gasteiger partial charge in [0.2, 0.25) is 5.91 Å². The van der Waals surface area contributed by atoms with Crippen LogP contribution in [0, 0.1) is 23.2 Å². The van der Waals surface area contributed by atoms with Crippen molar-refractivity contribution in [3.05, 3.63) is 78.6 Å². The molecule has 3 aromatic carbocycles. The van der Waals surface area contributed by atoms with E-state index in [4.69, 9.17) is 9.40 Å². The first-order valence-electron chi connectivity index (χ1n) is 12.9. The number of imidazole rings is 1. The van der Waals surface area contributed by atoms with Crippen LogP contribution in [-0.2, 0) is 11.3 Å². The molecule has 0 spiro atoms. The van der Waals surface area contributed by atoms with E-state index in [9.17, 15) is 10.1 Å².